The molecule has 0 fully saturated rings. The molecule has 5 heteroatoms. The van der Waals surface area contributed by atoms with E-state index < -0.39 is 0 Å². The van der Waals surface area contributed by atoms with Crippen LogP contribution in [0.2, 0.25) is 0 Å². The number of nitriles is 1. The molecule has 0 spiro atoms. The monoisotopic (exact) mass is 148 g/mol. The zero-order valence-electron chi connectivity index (χ0n) is 5.47. The molecular weight excluding hydrogens is 144 g/mol. The van der Waals surface area contributed by atoms with E-state index >= 15 is 0 Å². The van der Waals surface area contributed by atoms with Gasteiger partial charge in [0.05, 0.1) is 6.20 Å². The lowest BCUT2D eigenvalue weighted by atomic mass is 10.3. The van der Waals surface area contributed by atoms with E-state index in [1.807, 2.05) is 0 Å². The number of rotatable bonds is 1. The van der Waals surface area contributed by atoms with Crippen LogP contribution >= 0.6 is 0 Å². The molecule has 0 aliphatic carbocycles. The summed E-state index contributed by atoms with van der Waals surface area (Å²) in [7, 11) is 0. The van der Waals surface area contributed by atoms with E-state index in [1.165, 1.54) is 18.6 Å². The first-order valence-corrected chi connectivity index (χ1v) is 2.77. The van der Waals surface area contributed by atoms with Gasteiger partial charge in [-0.2, -0.15) is 5.26 Å². The van der Waals surface area contributed by atoms with E-state index in [0.717, 1.165) is 0 Å². The molecule has 0 saturated heterocycles. The zero-order valence-corrected chi connectivity index (χ0v) is 5.47. The van der Waals surface area contributed by atoms with Crippen molar-refractivity contribution < 1.29 is 5.21 Å². The summed E-state index contributed by atoms with van der Waals surface area (Å²) in [5.41, 5.74) is 0.121. The lowest BCUT2D eigenvalue weighted by Gasteiger charge is -1.90. The first-order valence-electron chi connectivity index (χ1n) is 2.77. The number of hydrogen-bond acceptors (Lipinski definition) is 5. The predicted molar refractivity (Wildman–Crippen MR) is 36.0 cm³/mol. The Morgan fingerprint density at radius 3 is 2.91 bits per heavy atom. The van der Waals surface area contributed by atoms with Gasteiger partial charge in [-0.1, -0.05) is 5.16 Å². The molecule has 0 radical (unpaired) electrons. The van der Waals surface area contributed by atoms with Gasteiger partial charge >= 0.3 is 0 Å². The van der Waals surface area contributed by atoms with Crippen LogP contribution in [0.15, 0.2) is 23.7 Å². The Labute approximate surface area is 62.6 Å². The third-order valence-corrected chi connectivity index (χ3v) is 1.01. The molecule has 0 aliphatic rings. The van der Waals surface area contributed by atoms with Gasteiger partial charge in [-0.05, 0) is 0 Å². The van der Waals surface area contributed by atoms with Crippen molar-refractivity contribution in [1.82, 2.24) is 9.97 Å². The average molecular weight is 148 g/mol. The summed E-state index contributed by atoms with van der Waals surface area (Å²) in [4.78, 5) is 7.44. The smallest absolute Gasteiger partial charge is 0.206 e. The minimum atomic E-state index is -0.141. The van der Waals surface area contributed by atoms with Crippen LogP contribution in [0.1, 0.15) is 5.69 Å². The van der Waals surface area contributed by atoms with Gasteiger partial charge in [-0.15, -0.1) is 0 Å². The third-order valence-electron chi connectivity index (χ3n) is 1.01. The van der Waals surface area contributed by atoms with Crippen molar-refractivity contribution in [1.29, 1.82) is 5.26 Å². The molecule has 0 aliphatic heterocycles. The first kappa shape index (κ1) is 7.15. The SMILES string of the molecule is N#CC(=NO)c1cnccn1. The second kappa shape index (κ2) is 3.27. The minimum absolute atomic E-state index is 0.141. The van der Waals surface area contributed by atoms with Crippen LogP contribution in [0.4, 0.5) is 0 Å². The van der Waals surface area contributed by atoms with Gasteiger partial charge < -0.3 is 5.21 Å². The zero-order chi connectivity index (χ0) is 8.10. The molecule has 54 valence electrons. The lowest BCUT2D eigenvalue weighted by Crippen LogP contribution is -2.00. The van der Waals surface area contributed by atoms with Crippen molar-refractivity contribution in [2.45, 2.75) is 0 Å². The topological polar surface area (TPSA) is 82.2 Å². The second-order valence-corrected chi connectivity index (χ2v) is 1.65. The van der Waals surface area contributed by atoms with Crippen molar-refractivity contribution in [3.8, 4) is 6.07 Å². The summed E-state index contributed by atoms with van der Waals surface area (Å²) in [5, 5.41) is 19.4. The Morgan fingerprint density at radius 1 is 1.64 bits per heavy atom. The molecule has 0 bridgehead atoms. The van der Waals surface area contributed by atoms with Crippen LogP contribution in [-0.2, 0) is 0 Å². The lowest BCUT2D eigenvalue weighted by molar-refractivity contribution is 0.320. The molecule has 1 aromatic rings. The van der Waals surface area contributed by atoms with Gasteiger partial charge in [-0.25, -0.2) is 0 Å². The second-order valence-electron chi connectivity index (χ2n) is 1.65. The summed E-state index contributed by atoms with van der Waals surface area (Å²) in [6.07, 6.45) is 4.23. The molecule has 1 heterocycles. The van der Waals surface area contributed by atoms with Crippen molar-refractivity contribution >= 4 is 5.71 Å². The molecule has 5 nitrogen and oxygen atoms in total. The number of nitrogens with zero attached hydrogens (tertiary/aromatic N) is 4. The van der Waals surface area contributed by atoms with E-state index in [-0.39, 0.29) is 11.4 Å². The number of hydrogen-bond donors (Lipinski definition) is 1. The highest BCUT2D eigenvalue weighted by atomic mass is 16.4. The molecule has 1 aromatic heterocycles. The Kier molecular flexibility index (Phi) is 2.13. The molecule has 0 aromatic carbocycles. The first-order chi connectivity index (χ1) is 5.38. The molecule has 1 rings (SSSR count). The summed E-state index contributed by atoms with van der Waals surface area (Å²) in [6, 6.07) is 1.67. The van der Waals surface area contributed by atoms with E-state index in [9.17, 15) is 0 Å². The van der Waals surface area contributed by atoms with Crippen molar-refractivity contribution in [2.24, 2.45) is 5.16 Å². The van der Waals surface area contributed by atoms with Crippen LogP contribution < -0.4 is 0 Å². The molecule has 0 saturated carbocycles. The van der Waals surface area contributed by atoms with Crippen LogP contribution in [0.3, 0.4) is 0 Å². The standard InChI is InChI=1S/C6H4N4O/c7-3-5(10-11)6-4-8-1-2-9-6/h1-2,4,11H. The van der Waals surface area contributed by atoms with E-state index in [4.69, 9.17) is 10.5 Å². The van der Waals surface area contributed by atoms with E-state index in [0.29, 0.717) is 0 Å². The van der Waals surface area contributed by atoms with Gasteiger partial charge in [0.25, 0.3) is 0 Å². The van der Waals surface area contributed by atoms with Gasteiger partial charge in [0.2, 0.25) is 5.71 Å². The number of aromatic nitrogens is 2. The molecule has 0 unspecified atom stereocenters. The van der Waals surface area contributed by atoms with Gasteiger partial charge in [0.15, 0.2) is 0 Å². The Bertz CT molecular complexity index is 300. The van der Waals surface area contributed by atoms with Crippen LogP contribution in [0.25, 0.3) is 0 Å². The summed E-state index contributed by atoms with van der Waals surface area (Å²) in [5.74, 6) is 0. The maximum absolute atomic E-state index is 8.37. The molecule has 0 atom stereocenters. The highest BCUT2D eigenvalue weighted by Crippen LogP contribution is 1.91. The largest absolute Gasteiger partial charge is 0.410 e. The van der Waals surface area contributed by atoms with Gasteiger partial charge in [-0.3, -0.25) is 9.97 Å². The fraction of sp³-hybridized carbons (Fsp3) is 0. The van der Waals surface area contributed by atoms with Crippen molar-refractivity contribution in [2.75, 3.05) is 0 Å². The fourth-order valence-electron chi connectivity index (χ4n) is 0.552. The normalized spacial score (nSPS) is 10.6. The van der Waals surface area contributed by atoms with Gasteiger partial charge in [0.1, 0.15) is 11.8 Å². The predicted octanol–water partition coefficient (Wildman–Crippen LogP) is 0.178. The third kappa shape index (κ3) is 1.49. The van der Waals surface area contributed by atoms with Gasteiger partial charge in [0, 0.05) is 12.4 Å². The molecule has 1 N–H and O–H groups in total. The molecular formula is C6H4N4O. The highest BCUT2D eigenvalue weighted by Gasteiger charge is 2.02. The average Bonchev–Trinajstić information content (AvgIpc) is 2.09. The van der Waals surface area contributed by atoms with Crippen molar-refractivity contribution in [3.05, 3.63) is 24.3 Å². The number of oxime groups is 1. The quantitative estimate of drug-likeness (QED) is 0.350. The van der Waals surface area contributed by atoms with Crippen LogP contribution in [0, 0.1) is 11.3 Å². The van der Waals surface area contributed by atoms with E-state index in [2.05, 4.69) is 15.1 Å². The molecule has 11 heavy (non-hydrogen) atoms. The molecule has 0 amide bonds. The fourth-order valence-corrected chi connectivity index (χ4v) is 0.552. The Morgan fingerprint density at radius 2 is 2.45 bits per heavy atom. The summed E-state index contributed by atoms with van der Waals surface area (Å²) >= 11 is 0. The Hall–Kier alpha value is -1.96. The maximum atomic E-state index is 8.37. The van der Waals surface area contributed by atoms with E-state index in [1.54, 1.807) is 6.07 Å². The maximum Gasteiger partial charge on any atom is 0.206 e. The summed E-state index contributed by atoms with van der Waals surface area (Å²) in [6.45, 7) is 0. The summed E-state index contributed by atoms with van der Waals surface area (Å²) < 4.78 is 0. The highest BCUT2D eigenvalue weighted by molar-refractivity contribution is 6.09. The minimum Gasteiger partial charge on any atom is -0.410 e. The van der Waals surface area contributed by atoms with Crippen LogP contribution in [0.5, 0.6) is 0 Å². The van der Waals surface area contributed by atoms with Crippen molar-refractivity contribution in [3.63, 3.8) is 0 Å². The Balaban J connectivity index is 3.05. The van der Waals surface area contributed by atoms with Crippen LogP contribution in [-0.4, -0.2) is 20.9 Å².